The molecule has 2 rings (SSSR count). The van der Waals surface area contributed by atoms with Crippen LogP contribution in [0.1, 0.15) is 23.0 Å². The van der Waals surface area contributed by atoms with Gasteiger partial charge in [0.25, 0.3) is 0 Å². The minimum Gasteiger partial charge on any atom is -0.481 e. The van der Waals surface area contributed by atoms with Crippen LogP contribution in [-0.2, 0) is 11.3 Å². The van der Waals surface area contributed by atoms with Gasteiger partial charge in [-0.15, -0.1) is 11.3 Å². The maximum absolute atomic E-state index is 10.8. The standard InChI is InChI=1S/C11H11ClN2O2S2/c12-9-4-14-10(18-9)5-13-8(3-11(15)16)7-1-2-17-6-7/h1-2,4,6,8,13H,3,5H2,(H,15,16). The van der Waals surface area contributed by atoms with Crippen molar-refractivity contribution in [1.29, 1.82) is 0 Å². The summed E-state index contributed by atoms with van der Waals surface area (Å²) in [5.74, 6) is -0.823. The summed E-state index contributed by atoms with van der Waals surface area (Å²) in [6, 6.07) is 1.73. The molecular formula is C11H11ClN2O2S2. The van der Waals surface area contributed by atoms with Gasteiger partial charge in [0.1, 0.15) is 9.34 Å². The summed E-state index contributed by atoms with van der Waals surface area (Å²) < 4.78 is 0.636. The van der Waals surface area contributed by atoms with Crippen LogP contribution in [0.3, 0.4) is 0 Å². The van der Waals surface area contributed by atoms with Crippen LogP contribution in [-0.4, -0.2) is 16.1 Å². The van der Waals surface area contributed by atoms with Gasteiger partial charge in [-0.3, -0.25) is 4.79 Å². The van der Waals surface area contributed by atoms with Gasteiger partial charge in [-0.05, 0) is 22.4 Å². The molecule has 2 aromatic heterocycles. The van der Waals surface area contributed by atoms with E-state index in [1.165, 1.54) is 11.3 Å². The number of halogens is 1. The Balaban J connectivity index is 1.99. The summed E-state index contributed by atoms with van der Waals surface area (Å²) in [6.45, 7) is 0.519. The van der Waals surface area contributed by atoms with Crippen LogP contribution >= 0.6 is 34.3 Å². The molecule has 0 bridgehead atoms. The molecule has 0 spiro atoms. The molecule has 4 nitrogen and oxygen atoms in total. The van der Waals surface area contributed by atoms with Crippen LogP contribution in [0.15, 0.2) is 23.0 Å². The van der Waals surface area contributed by atoms with E-state index in [1.807, 2.05) is 16.8 Å². The molecule has 1 atom stereocenters. The van der Waals surface area contributed by atoms with Crippen LogP contribution < -0.4 is 5.32 Å². The smallest absolute Gasteiger partial charge is 0.305 e. The largest absolute Gasteiger partial charge is 0.481 e. The number of nitrogens with zero attached hydrogens (tertiary/aromatic N) is 1. The second kappa shape index (κ2) is 6.29. The third kappa shape index (κ3) is 3.78. The monoisotopic (exact) mass is 302 g/mol. The van der Waals surface area contributed by atoms with Crippen LogP contribution in [0.2, 0.25) is 4.34 Å². The summed E-state index contributed by atoms with van der Waals surface area (Å²) in [7, 11) is 0. The quantitative estimate of drug-likeness (QED) is 0.860. The topological polar surface area (TPSA) is 62.2 Å². The van der Waals surface area contributed by atoms with Gasteiger partial charge < -0.3 is 10.4 Å². The fourth-order valence-electron chi connectivity index (χ4n) is 1.54. The second-order valence-electron chi connectivity index (χ2n) is 3.65. The molecule has 0 aromatic carbocycles. The maximum Gasteiger partial charge on any atom is 0.305 e. The van der Waals surface area contributed by atoms with Crippen molar-refractivity contribution in [2.45, 2.75) is 19.0 Å². The predicted molar refractivity (Wildman–Crippen MR) is 73.3 cm³/mol. The summed E-state index contributed by atoms with van der Waals surface area (Å²) in [6.07, 6.45) is 1.65. The molecule has 0 amide bonds. The lowest BCUT2D eigenvalue weighted by molar-refractivity contribution is -0.137. The van der Waals surface area contributed by atoms with Gasteiger partial charge >= 0.3 is 5.97 Å². The van der Waals surface area contributed by atoms with Crippen molar-refractivity contribution in [2.75, 3.05) is 0 Å². The van der Waals surface area contributed by atoms with Crippen molar-refractivity contribution in [3.63, 3.8) is 0 Å². The molecule has 7 heteroatoms. The molecule has 96 valence electrons. The van der Waals surface area contributed by atoms with Crippen molar-refractivity contribution in [2.24, 2.45) is 0 Å². The fraction of sp³-hybridized carbons (Fsp3) is 0.273. The molecule has 0 aliphatic carbocycles. The Kier molecular flexibility index (Phi) is 4.71. The fourth-order valence-corrected chi connectivity index (χ4v) is 3.16. The zero-order valence-corrected chi connectivity index (χ0v) is 11.7. The third-order valence-corrected chi connectivity index (χ3v) is 4.17. The van der Waals surface area contributed by atoms with Gasteiger partial charge in [0.05, 0.1) is 12.6 Å². The van der Waals surface area contributed by atoms with Crippen molar-refractivity contribution >= 4 is 40.2 Å². The van der Waals surface area contributed by atoms with E-state index in [4.69, 9.17) is 16.7 Å². The minimum absolute atomic E-state index is 0.0514. The van der Waals surface area contributed by atoms with Crippen molar-refractivity contribution in [1.82, 2.24) is 10.3 Å². The molecule has 0 aliphatic rings. The van der Waals surface area contributed by atoms with Gasteiger partial charge in [0, 0.05) is 12.6 Å². The number of carbonyl (C=O) groups is 1. The van der Waals surface area contributed by atoms with Gasteiger partial charge in [-0.1, -0.05) is 11.6 Å². The lowest BCUT2D eigenvalue weighted by Gasteiger charge is -2.14. The molecule has 0 fully saturated rings. The molecule has 18 heavy (non-hydrogen) atoms. The Bertz CT molecular complexity index is 513. The Morgan fingerprint density at radius 2 is 2.44 bits per heavy atom. The van der Waals surface area contributed by atoms with Crippen molar-refractivity contribution in [3.05, 3.63) is 37.9 Å². The van der Waals surface area contributed by atoms with E-state index in [0.717, 1.165) is 10.6 Å². The number of carboxylic acids is 1. The van der Waals surface area contributed by atoms with E-state index in [1.54, 1.807) is 17.5 Å². The molecule has 0 aliphatic heterocycles. The number of nitrogens with one attached hydrogen (secondary N) is 1. The molecule has 2 heterocycles. The second-order valence-corrected chi connectivity index (χ2v) is 6.17. The molecule has 0 radical (unpaired) electrons. The first-order chi connectivity index (χ1) is 8.65. The Hall–Kier alpha value is -0.950. The van der Waals surface area contributed by atoms with Crippen LogP contribution in [0.25, 0.3) is 0 Å². The van der Waals surface area contributed by atoms with E-state index in [-0.39, 0.29) is 12.5 Å². The van der Waals surface area contributed by atoms with E-state index in [0.29, 0.717) is 10.9 Å². The molecule has 0 saturated heterocycles. The summed E-state index contributed by atoms with van der Waals surface area (Å²) in [5.41, 5.74) is 0.991. The highest BCUT2D eigenvalue weighted by atomic mass is 35.5. The van der Waals surface area contributed by atoms with E-state index in [2.05, 4.69) is 10.3 Å². The lowest BCUT2D eigenvalue weighted by Crippen LogP contribution is -2.23. The van der Waals surface area contributed by atoms with E-state index < -0.39 is 5.97 Å². The third-order valence-electron chi connectivity index (χ3n) is 2.35. The highest BCUT2D eigenvalue weighted by Crippen LogP contribution is 2.22. The van der Waals surface area contributed by atoms with Crippen molar-refractivity contribution < 1.29 is 9.90 Å². The normalized spacial score (nSPS) is 12.5. The summed E-state index contributed by atoms with van der Waals surface area (Å²) in [4.78, 5) is 15.0. The van der Waals surface area contributed by atoms with Gasteiger partial charge in [0.2, 0.25) is 0 Å². The highest BCUT2D eigenvalue weighted by Gasteiger charge is 2.16. The highest BCUT2D eigenvalue weighted by molar-refractivity contribution is 7.15. The molecular weight excluding hydrogens is 292 g/mol. The average Bonchev–Trinajstić information content (AvgIpc) is 2.94. The number of thiazole rings is 1. The van der Waals surface area contributed by atoms with Crippen LogP contribution in [0.5, 0.6) is 0 Å². The van der Waals surface area contributed by atoms with Gasteiger partial charge in [0.15, 0.2) is 0 Å². The number of rotatable bonds is 6. The Labute approximate surface area is 117 Å². The van der Waals surface area contributed by atoms with Crippen LogP contribution in [0.4, 0.5) is 0 Å². The first-order valence-electron chi connectivity index (χ1n) is 5.22. The first-order valence-corrected chi connectivity index (χ1v) is 7.36. The molecule has 0 saturated carbocycles. The SMILES string of the molecule is O=C(O)CC(NCc1ncc(Cl)s1)c1ccsc1. The Morgan fingerprint density at radius 3 is 3.00 bits per heavy atom. The predicted octanol–water partition coefficient (Wildman–Crippen LogP) is 3.16. The number of aliphatic carboxylic acids is 1. The zero-order chi connectivity index (χ0) is 13.0. The maximum atomic E-state index is 10.8. The van der Waals surface area contributed by atoms with Gasteiger partial charge in [-0.2, -0.15) is 11.3 Å². The number of thiophene rings is 1. The zero-order valence-electron chi connectivity index (χ0n) is 9.30. The van der Waals surface area contributed by atoms with Crippen LogP contribution in [0, 0.1) is 0 Å². The number of carboxylic acid groups (broad SMARTS) is 1. The molecule has 2 N–H and O–H groups in total. The Morgan fingerprint density at radius 1 is 1.61 bits per heavy atom. The number of hydrogen-bond acceptors (Lipinski definition) is 5. The van der Waals surface area contributed by atoms with E-state index in [9.17, 15) is 4.79 Å². The average molecular weight is 303 g/mol. The minimum atomic E-state index is -0.823. The molecule has 2 aromatic rings. The molecule has 1 unspecified atom stereocenters. The van der Waals surface area contributed by atoms with Crippen molar-refractivity contribution in [3.8, 4) is 0 Å². The summed E-state index contributed by atoms with van der Waals surface area (Å²) >= 11 is 8.74. The van der Waals surface area contributed by atoms with E-state index >= 15 is 0 Å². The summed E-state index contributed by atoms with van der Waals surface area (Å²) in [5, 5.41) is 16.9. The number of aromatic nitrogens is 1. The van der Waals surface area contributed by atoms with Gasteiger partial charge in [-0.25, -0.2) is 4.98 Å². The lowest BCUT2D eigenvalue weighted by atomic mass is 10.1. The number of hydrogen-bond donors (Lipinski definition) is 2. The first kappa shape index (κ1) is 13.5.